The summed E-state index contributed by atoms with van der Waals surface area (Å²) in [5.74, 6) is 0.773. The van der Waals surface area contributed by atoms with Crippen LogP contribution in [-0.2, 0) is 0 Å². The number of hydrogen-bond donors (Lipinski definition) is 1. The molecule has 1 atom stereocenters. The van der Waals surface area contributed by atoms with Crippen LogP contribution in [0.15, 0.2) is 39.4 Å². The average Bonchev–Trinajstić information content (AvgIpc) is 2.42. The van der Waals surface area contributed by atoms with Crippen LogP contribution in [0.3, 0.4) is 0 Å². The maximum atomic E-state index is 10.8. The van der Waals surface area contributed by atoms with Crippen LogP contribution in [0.25, 0.3) is 0 Å². The van der Waals surface area contributed by atoms with Crippen molar-refractivity contribution in [1.29, 1.82) is 0 Å². The second-order valence-corrected chi connectivity index (χ2v) is 6.02. The van der Waals surface area contributed by atoms with Gasteiger partial charge in [-0.25, -0.2) is 4.98 Å². The lowest BCUT2D eigenvalue weighted by Crippen LogP contribution is -2.05. The van der Waals surface area contributed by atoms with Gasteiger partial charge < -0.3 is 10.5 Å². The number of halogens is 2. The Balaban J connectivity index is 2.36. The van der Waals surface area contributed by atoms with Crippen LogP contribution in [0, 0.1) is 10.1 Å². The van der Waals surface area contributed by atoms with Gasteiger partial charge in [-0.2, -0.15) is 0 Å². The monoisotopic (exact) mass is 415 g/mol. The fourth-order valence-corrected chi connectivity index (χ4v) is 2.94. The van der Waals surface area contributed by atoms with Gasteiger partial charge in [-0.15, -0.1) is 0 Å². The summed E-state index contributed by atoms with van der Waals surface area (Å²) >= 11 is 6.52. The fraction of sp³-hybridized carbons (Fsp3) is 0.154. The van der Waals surface area contributed by atoms with Gasteiger partial charge in [0.05, 0.1) is 13.9 Å². The van der Waals surface area contributed by atoms with Gasteiger partial charge in [0.15, 0.2) is 5.75 Å². The average molecular weight is 417 g/mol. The summed E-state index contributed by atoms with van der Waals surface area (Å²) in [7, 11) is 0. The highest BCUT2D eigenvalue weighted by molar-refractivity contribution is 9.11. The summed E-state index contributed by atoms with van der Waals surface area (Å²) in [6.45, 7) is 1.86. The number of nitrogens with two attached hydrogens (primary N) is 1. The lowest BCUT2D eigenvalue weighted by molar-refractivity contribution is -0.385. The maximum Gasteiger partial charge on any atom is 0.271 e. The van der Waals surface area contributed by atoms with Crippen molar-refractivity contribution in [2.24, 2.45) is 5.73 Å². The van der Waals surface area contributed by atoms with Gasteiger partial charge in [0.1, 0.15) is 0 Å². The fourth-order valence-electron chi connectivity index (χ4n) is 1.62. The van der Waals surface area contributed by atoms with E-state index in [0.29, 0.717) is 20.6 Å². The number of ether oxygens (including phenoxy) is 1. The van der Waals surface area contributed by atoms with Gasteiger partial charge in [-0.3, -0.25) is 10.1 Å². The van der Waals surface area contributed by atoms with Gasteiger partial charge in [-0.1, -0.05) is 0 Å². The van der Waals surface area contributed by atoms with Gasteiger partial charge >= 0.3 is 0 Å². The zero-order valence-corrected chi connectivity index (χ0v) is 14.1. The first-order valence-electron chi connectivity index (χ1n) is 5.91. The molecule has 0 radical (unpaired) electrons. The van der Waals surface area contributed by atoms with E-state index in [0.717, 1.165) is 5.56 Å². The SMILES string of the molecule is C[C@H](N)c1ccnc(Oc2c(Br)cc([N+](=O)[O-])cc2Br)c1. The van der Waals surface area contributed by atoms with E-state index < -0.39 is 4.92 Å². The van der Waals surface area contributed by atoms with Crippen molar-refractivity contribution in [3.8, 4) is 11.6 Å². The molecule has 21 heavy (non-hydrogen) atoms. The smallest absolute Gasteiger partial charge is 0.271 e. The summed E-state index contributed by atoms with van der Waals surface area (Å²) in [4.78, 5) is 14.4. The second-order valence-electron chi connectivity index (χ2n) is 4.31. The number of nitro groups is 1. The summed E-state index contributed by atoms with van der Waals surface area (Å²) < 4.78 is 6.59. The molecule has 110 valence electrons. The molecule has 2 rings (SSSR count). The maximum absolute atomic E-state index is 10.8. The van der Waals surface area contributed by atoms with Crippen LogP contribution in [0.1, 0.15) is 18.5 Å². The molecule has 0 aliphatic heterocycles. The van der Waals surface area contributed by atoms with E-state index in [-0.39, 0.29) is 11.7 Å². The van der Waals surface area contributed by atoms with E-state index in [1.165, 1.54) is 12.1 Å². The van der Waals surface area contributed by atoms with Crippen LogP contribution in [0.4, 0.5) is 5.69 Å². The summed E-state index contributed by atoms with van der Waals surface area (Å²) in [5, 5.41) is 10.8. The van der Waals surface area contributed by atoms with Crippen LogP contribution < -0.4 is 10.5 Å². The molecule has 1 aromatic carbocycles. The standard InChI is InChI=1S/C13H11Br2N3O3/c1-7(16)8-2-3-17-12(4-8)21-13-10(14)5-9(18(19)20)6-11(13)15/h2-7H,16H2,1H3/t7-/m0/s1. The molecule has 1 aromatic heterocycles. The molecule has 1 heterocycles. The van der Waals surface area contributed by atoms with Crippen molar-refractivity contribution >= 4 is 37.5 Å². The Kier molecular flexibility index (Phi) is 4.92. The first kappa shape index (κ1) is 15.9. The molecule has 0 fully saturated rings. The van der Waals surface area contributed by atoms with Crippen molar-refractivity contribution in [2.45, 2.75) is 13.0 Å². The molecule has 0 amide bonds. The van der Waals surface area contributed by atoms with Crippen LogP contribution >= 0.6 is 31.9 Å². The van der Waals surface area contributed by atoms with E-state index in [9.17, 15) is 10.1 Å². The summed E-state index contributed by atoms with van der Waals surface area (Å²) in [5.41, 5.74) is 6.65. The van der Waals surface area contributed by atoms with Crippen molar-refractivity contribution < 1.29 is 9.66 Å². The van der Waals surface area contributed by atoms with E-state index in [1.807, 2.05) is 6.92 Å². The van der Waals surface area contributed by atoms with Gasteiger partial charge in [0.25, 0.3) is 5.69 Å². The van der Waals surface area contributed by atoms with E-state index in [4.69, 9.17) is 10.5 Å². The Bertz CT molecular complexity index is 669. The Morgan fingerprint density at radius 2 is 1.95 bits per heavy atom. The van der Waals surface area contributed by atoms with Crippen molar-refractivity contribution in [3.63, 3.8) is 0 Å². The lowest BCUT2D eigenvalue weighted by atomic mass is 10.1. The van der Waals surface area contributed by atoms with E-state index >= 15 is 0 Å². The summed E-state index contributed by atoms with van der Waals surface area (Å²) in [6.07, 6.45) is 1.60. The normalized spacial score (nSPS) is 12.0. The Morgan fingerprint density at radius 3 is 2.48 bits per heavy atom. The molecule has 8 heteroatoms. The molecular weight excluding hydrogens is 406 g/mol. The number of hydrogen-bond acceptors (Lipinski definition) is 5. The zero-order chi connectivity index (χ0) is 15.6. The van der Waals surface area contributed by atoms with Gasteiger partial charge in [0, 0.05) is 30.4 Å². The molecule has 0 spiro atoms. The highest BCUT2D eigenvalue weighted by Crippen LogP contribution is 2.39. The quantitative estimate of drug-likeness (QED) is 0.591. The predicted octanol–water partition coefficient (Wildman–Crippen LogP) is 4.33. The zero-order valence-electron chi connectivity index (χ0n) is 10.9. The molecule has 0 saturated carbocycles. The van der Waals surface area contributed by atoms with Crippen LogP contribution in [-0.4, -0.2) is 9.91 Å². The first-order chi connectivity index (χ1) is 9.88. The predicted molar refractivity (Wildman–Crippen MR) is 85.4 cm³/mol. The minimum Gasteiger partial charge on any atom is -0.437 e. The van der Waals surface area contributed by atoms with E-state index in [2.05, 4.69) is 36.8 Å². The van der Waals surface area contributed by atoms with Gasteiger partial charge in [-0.05, 0) is 50.4 Å². The topological polar surface area (TPSA) is 91.3 Å². The number of non-ortho nitro benzene ring substituents is 1. The van der Waals surface area contributed by atoms with Gasteiger partial charge in [0.2, 0.25) is 5.88 Å². The number of pyridine rings is 1. The highest BCUT2D eigenvalue weighted by atomic mass is 79.9. The molecule has 0 aliphatic carbocycles. The Labute approximate surface area is 137 Å². The van der Waals surface area contributed by atoms with Crippen molar-refractivity contribution in [1.82, 2.24) is 4.98 Å². The third-order valence-corrected chi connectivity index (χ3v) is 3.86. The number of nitro benzene ring substituents is 1. The molecule has 0 aliphatic rings. The molecular formula is C13H11Br2N3O3. The molecule has 2 N–H and O–H groups in total. The Morgan fingerprint density at radius 1 is 1.33 bits per heavy atom. The number of aromatic nitrogens is 1. The van der Waals surface area contributed by atoms with Crippen LogP contribution in [0.5, 0.6) is 11.6 Å². The lowest BCUT2D eigenvalue weighted by Gasteiger charge is -2.11. The molecule has 2 aromatic rings. The minimum atomic E-state index is -0.478. The highest BCUT2D eigenvalue weighted by Gasteiger charge is 2.16. The van der Waals surface area contributed by atoms with Crippen LogP contribution in [0.2, 0.25) is 0 Å². The molecule has 6 nitrogen and oxygen atoms in total. The largest absolute Gasteiger partial charge is 0.437 e. The molecule has 0 unspecified atom stereocenters. The molecule has 0 saturated heterocycles. The van der Waals surface area contributed by atoms with E-state index in [1.54, 1.807) is 18.3 Å². The third kappa shape index (κ3) is 3.78. The number of nitrogens with zero attached hydrogens (tertiary/aromatic N) is 2. The van der Waals surface area contributed by atoms with Crippen molar-refractivity contribution in [2.75, 3.05) is 0 Å². The summed E-state index contributed by atoms with van der Waals surface area (Å²) in [6, 6.07) is 6.13. The second kappa shape index (κ2) is 6.50. The molecule has 0 bridgehead atoms. The number of benzene rings is 1. The third-order valence-electron chi connectivity index (χ3n) is 2.69. The minimum absolute atomic E-state index is 0.0432. The Hall–Kier alpha value is -1.51. The first-order valence-corrected chi connectivity index (χ1v) is 7.50. The number of rotatable bonds is 4. The van der Waals surface area contributed by atoms with Crippen molar-refractivity contribution in [3.05, 3.63) is 55.1 Å².